The average Bonchev–Trinajstić information content (AvgIpc) is 3.85. The molecule has 0 spiro atoms. The van der Waals surface area contributed by atoms with E-state index in [1.165, 1.54) is 0 Å². The van der Waals surface area contributed by atoms with Crippen LogP contribution in [0.2, 0.25) is 0 Å². The molecular formula is C35H42N12O3. The van der Waals surface area contributed by atoms with Crippen molar-refractivity contribution in [3.8, 4) is 0 Å². The van der Waals surface area contributed by atoms with Crippen LogP contribution in [-0.2, 0) is 31.0 Å². The third kappa shape index (κ3) is 6.85. The second kappa shape index (κ2) is 14.3. The zero-order valence-electron chi connectivity index (χ0n) is 28.9. The molecule has 6 aromatic rings. The fourth-order valence-corrected chi connectivity index (χ4v) is 6.14. The summed E-state index contributed by atoms with van der Waals surface area (Å²) < 4.78 is 7.29. The molecule has 0 radical (unpaired) electrons. The number of nitrogens with one attached hydrogen (secondary N) is 3. The van der Waals surface area contributed by atoms with Gasteiger partial charge in [0, 0.05) is 26.2 Å². The van der Waals surface area contributed by atoms with Gasteiger partial charge in [0.05, 0.1) is 40.2 Å². The molecule has 0 aliphatic heterocycles. The summed E-state index contributed by atoms with van der Waals surface area (Å²) in [5.74, 6) is -0.152. The van der Waals surface area contributed by atoms with Crippen LogP contribution < -0.4 is 21.7 Å². The molecule has 0 saturated carbocycles. The molecule has 0 atom stereocenters. The maximum Gasteiger partial charge on any atom is 0.276 e. The molecule has 5 N–H and O–H groups in total. The van der Waals surface area contributed by atoms with Crippen molar-refractivity contribution in [3.05, 3.63) is 76.9 Å². The number of para-hydroxylation sites is 1. The molecule has 6 rings (SSSR count). The van der Waals surface area contributed by atoms with E-state index in [4.69, 9.17) is 15.7 Å². The van der Waals surface area contributed by atoms with Crippen LogP contribution >= 0.6 is 0 Å². The fraction of sp³-hybridized carbons (Fsp3) is 0.343. The van der Waals surface area contributed by atoms with E-state index in [0.29, 0.717) is 73.5 Å². The Morgan fingerprint density at radius 1 is 0.720 bits per heavy atom. The Labute approximate surface area is 288 Å². The molecule has 0 aliphatic rings. The standard InChI is InChI=1S/C35H42N12O3/c1-6-46-28(18-22(4)42-46)32(49)40-34-38-25-17-21(3)13-14-26(25)44(34)15-8-9-16-45-27-12-10-11-24(37-30(48)20-36)31(27)39-35(45)41-33(50)29-19-23(5)43-47(29)7-2/h10-14,17-19H,6-9,15-16,20,36H2,1-5H3,(H,37,48)(H,38,40,49)(H,39,41,50). The maximum atomic E-state index is 13.5. The van der Waals surface area contributed by atoms with Crippen molar-refractivity contribution in [3.63, 3.8) is 0 Å². The largest absolute Gasteiger partial charge is 0.323 e. The third-order valence-electron chi connectivity index (χ3n) is 8.47. The number of rotatable bonds is 13. The fourth-order valence-electron chi connectivity index (χ4n) is 6.14. The first-order valence-corrected chi connectivity index (χ1v) is 16.8. The highest BCUT2D eigenvalue weighted by atomic mass is 16.2. The number of hydrogen-bond donors (Lipinski definition) is 4. The number of unbranched alkanes of at least 4 members (excludes halogenated alkanes) is 1. The summed E-state index contributed by atoms with van der Waals surface area (Å²) in [4.78, 5) is 48.6. The van der Waals surface area contributed by atoms with E-state index in [1.54, 1.807) is 27.6 Å². The SMILES string of the molecule is CCn1nc(C)cc1C(=O)Nc1nc2cc(C)ccc2n1CCCCn1c(NC(=O)c2cc(C)nn2CC)nc2c(NC(=O)CN)cccc21. The molecule has 50 heavy (non-hydrogen) atoms. The Morgan fingerprint density at radius 2 is 1.30 bits per heavy atom. The predicted octanol–water partition coefficient (Wildman–Crippen LogP) is 4.63. The lowest BCUT2D eigenvalue weighted by atomic mass is 10.2. The second-order valence-electron chi connectivity index (χ2n) is 12.2. The predicted molar refractivity (Wildman–Crippen MR) is 192 cm³/mol. The van der Waals surface area contributed by atoms with E-state index in [0.717, 1.165) is 33.5 Å². The topological polar surface area (TPSA) is 185 Å². The Bertz CT molecular complexity index is 2220. The van der Waals surface area contributed by atoms with Crippen molar-refractivity contribution in [1.29, 1.82) is 0 Å². The van der Waals surface area contributed by atoms with E-state index in [2.05, 4.69) is 26.1 Å². The van der Waals surface area contributed by atoms with Crippen molar-refractivity contribution in [1.82, 2.24) is 38.7 Å². The highest BCUT2D eigenvalue weighted by molar-refractivity contribution is 6.05. The second-order valence-corrected chi connectivity index (χ2v) is 12.2. The average molecular weight is 679 g/mol. The van der Waals surface area contributed by atoms with Gasteiger partial charge in [-0.3, -0.25) is 34.4 Å². The van der Waals surface area contributed by atoms with Gasteiger partial charge in [0.15, 0.2) is 0 Å². The highest BCUT2D eigenvalue weighted by Gasteiger charge is 2.21. The summed E-state index contributed by atoms with van der Waals surface area (Å²) in [5, 5.41) is 17.6. The van der Waals surface area contributed by atoms with Gasteiger partial charge < -0.3 is 20.2 Å². The first kappa shape index (κ1) is 34.0. The van der Waals surface area contributed by atoms with E-state index in [-0.39, 0.29) is 24.3 Å². The van der Waals surface area contributed by atoms with E-state index < -0.39 is 0 Å². The maximum absolute atomic E-state index is 13.5. The lowest BCUT2D eigenvalue weighted by Gasteiger charge is -2.13. The number of carbonyl (C=O) groups is 3. The molecule has 15 heteroatoms. The summed E-state index contributed by atoms with van der Waals surface area (Å²) in [7, 11) is 0. The quantitative estimate of drug-likeness (QED) is 0.127. The molecule has 0 bridgehead atoms. The van der Waals surface area contributed by atoms with Gasteiger partial charge in [0.25, 0.3) is 11.8 Å². The van der Waals surface area contributed by atoms with Crippen LogP contribution in [0.15, 0.2) is 48.5 Å². The molecule has 2 aromatic carbocycles. The zero-order chi connectivity index (χ0) is 35.5. The Morgan fingerprint density at radius 3 is 1.88 bits per heavy atom. The number of imidazole rings is 2. The Hall–Kier alpha value is -5.83. The van der Waals surface area contributed by atoms with Crippen molar-refractivity contribution < 1.29 is 14.4 Å². The number of nitrogens with zero attached hydrogens (tertiary/aromatic N) is 8. The van der Waals surface area contributed by atoms with Crippen molar-refractivity contribution in [2.75, 3.05) is 22.5 Å². The first-order valence-electron chi connectivity index (χ1n) is 16.8. The van der Waals surface area contributed by atoms with E-state index >= 15 is 0 Å². The number of nitrogens with two attached hydrogens (primary N) is 1. The molecular weight excluding hydrogens is 636 g/mol. The molecule has 260 valence electrons. The third-order valence-corrected chi connectivity index (χ3v) is 8.47. The summed E-state index contributed by atoms with van der Waals surface area (Å²) in [5.41, 5.74) is 12.5. The van der Waals surface area contributed by atoms with Gasteiger partial charge in [0.2, 0.25) is 17.8 Å². The number of benzene rings is 2. The summed E-state index contributed by atoms with van der Waals surface area (Å²) in [6.07, 6.45) is 1.41. The molecule has 15 nitrogen and oxygen atoms in total. The van der Waals surface area contributed by atoms with Crippen LogP contribution in [0.3, 0.4) is 0 Å². The van der Waals surface area contributed by atoms with Crippen LogP contribution in [0.25, 0.3) is 22.1 Å². The van der Waals surface area contributed by atoms with Gasteiger partial charge >= 0.3 is 0 Å². The number of hydrogen-bond acceptors (Lipinski definition) is 8. The monoisotopic (exact) mass is 678 g/mol. The van der Waals surface area contributed by atoms with Gasteiger partial charge in [-0.25, -0.2) is 9.97 Å². The van der Waals surface area contributed by atoms with Crippen LogP contribution in [0.4, 0.5) is 17.6 Å². The minimum atomic E-state index is -0.347. The number of anilines is 3. The van der Waals surface area contributed by atoms with Crippen molar-refractivity contribution >= 4 is 57.4 Å². The number of aromatic nitrogens is 8. The number of carbonyl (C=O) groups excluding carboxylic acids is 3. The number of fused-ring (bicyclic) bond motifs is 2. The molecule has 0 saturated heterocycles. The van der Waals surface area contributed by atoms with Crippen molar-refractivity contribution in [2.45, 2.75) is 73.6 Å². The number of amides is 3. The van der Waals surface area contributed by atoms with Crippen LogP contribution in [0, 0.1) is 20.8 Å². The zero-order valence-corrected chi connectivity index (χ0v) is 28.9. The van der Waals surface area contributed by atoms with Gasteiger partial charge in [0.1, 0.15) is 16.9 Å². The van der Waals surface area contributed by atoms with Gasteiger partial charge in [-0.1, -0.05) is 12.1 Å². The lowest BCUT2D eigenvalue weighted by Crippen LogP contribution is -2.21. The molecule has 4 heterocycles. The summed E-state index contributed by atoms with van der Waals surface area (Å²) in [6, 6.07) is 15.0. The summed E-state index contributed by atoms with van der Waals surface area (Å²) in [6.45, 7) is 11.6. The van der Waals surface area contributed by atoms with E-state index in [9.17, 15) is 14.4 Å². The van der Waals surface area contributed by atoms with Crippen LogP contribution in [-0.4, -0.2) is 62.9 Å². The van der Waals surface area contributed by atoms with Crippen molar-refractivity contribution in [2.24, 2.45) is 5.73 Å². The Kier molecular flexibility index (Phi) is 9.76. The van der Waals surface area contributed by atoms with Crippen LogP contribution in [0.1, 0.15) is 64.6 Å². The number of aryl methyl sites for hydroxylation is 7. The molecule has 3 amide bonds. The van der Waals surface area contributed by atoms with Gasteiger partial charge in [-0.05, 0) is 89.4 Å². The lowest BCUT2D eigenvalue weighted by molar-refractivity contribution is -0.114. The smallest absolute Gasteiger partial charge is 0.276 e. The molecule has 0 unspecified atom stereocenters. The van der Waals surface area contributed by atoms with Gasteiger partial charge in [-0.15, -0.1) is 0 Å². The van der Waals surface area contributed by atoms with Crippen LogP contribution in [0.5, 0.6) is 0 Å². The minimum absolute atomic E-state index is 0.173. The summed E-state index contributed by atoms with van der Waals surface area (Å²) >= 11 is 0. The first-order chi connectivity index (χ1) is 24.1. The normalized spacial score (nSPS) is 11.4. The molecule has 0 aliphatic carbocycles. The van der Waals surface area contributed by atoms with Gasteiger partial charge in [-0.2, -0.15) is 10.2 Å². The Balaban J connectivity index is 1.27. The molecule has 4 aromatic heterocycles. The highest BCUT2D eigenvalue weighted by Crippen LogP contribution is 2.28. The van der Waals surface area contributed by atoms with E-state index in [1.807, 2.05) is 74.1 Å². The molecule has 0 fully saturated rings. The minimum Gasteiger partial charge on any atom is -0.323 e.